The van der Waals surface area contributed by atoms with Crippen molar-refractivity contribution in [2.45, 2.75) is 73.0 Å². The van der Waals surface area contributed by atoms with Crippen LogP contribution >= 0.6 is 0 Å². The predicted molar refractivity (Wildman–Crippen MR) is 95.3 cm³/mol. The highest BCUT2D eigenvalue weighted by molar-refractivity contribution is 6.63. The van der Waals surface area contributed by atoms with Crippen molar-refractivity contribution in [3.63, 3.8) is 0 Å². The maximum Gasteiger partial charge on any atom is 0.495 e. The van der Waals surface area contributed by atoms with Crippen LogP contribution in [0.3, 0.4) is 0 Å². The van der Waals surface area contributed by atoms with Gasteiger partial charge < -0.3 is 14.6 Å². The number of nitrogens with one attached hydrogen (secondary N) is 1. The first-order chi connectivity index (χ1) is 10.6. The highest BCUT2D eigenvalue weighted by Crippen LogP contribution is 2.38. The molecular formula is C18H28BNO3. The Hall–Kier alpha value is -1.33. The number of hydrogen-bond acceptors (Lipinski definition) is 3. The number of hydrogen-bond donors (Lipinski definition) is 1. The van der Waals surface area contributed by atoms with Gasteiger partial charge in [0.1, 0.15) is 0 Å². The zero-order chi connectivity index (χ0) is 17.6. The van der Waals surface area contributed by atoms with E-state index in [-0.39, 0.29) is 17.1 Å². The molecular weight excluding hydrogens is 289 g/mol. The predicted octanol–water partition coefficient (Wildman–Crippen LogP) is 3.12. The van der Waals surface area contributed by atoms with Crippen LogP contribution in [-0.2, 0) is 20.5 Å². The molecule has 1 N–H and O–H groups in total. The highest BCUT2D eigenvalue weighted by Gasteiger charge is 2.53. The quantitative estimate of drug-likeness (QED) is 0.810. The maximum atomic E-state index is 11.8. The van der Waals surface area contributed by atoms with Crippen LogP contribution < -0.4 is 10.8 Å². The van der Waals surface area contributed by atoms with E-state index in [1.165, 1.54) is 0 Å². The first kappa shape index (κ1) is 18.0. The molecule has 0 saturated carbocycles. The van der Waals surface area contributed by atoms with Crippen LogP contribution in [0.25, 0.3) is 0 Å². The largest absolute Gasteiger partial charge is 0.495 e. The van der Waals surface area contributed by atoms with Crippen molar-refractivity contribution >= 4 is 24.2 Å². The van der Waals surface area contributed by atoms with Crippen molar-refractivity contribution < 1.29 is 14.1 Å². The van der Waals surface area contributed by atoms with Gasteiger partial charge in [-0.3, -0.25) is 4.79 Å². The van der Waals surface area contributed by atoms with Crippen LogP contribution in [0.2, 0.25) is 0 Å². The topological polar surface area (TPSA) is 47.6 Å². The molecule has 0 bridgehead atoms. The molecule has 1 saturated heterocycles. The Kier molecular flexibility index (Phi) is 4.66. The molecule has 0 atom stereocenters. The summed E-state index contributed by atoms with van der Waals surface area (Å²) in [6, 6.07) is 2.03. The van der Waals surface area contributed by atoms with E-state index in [1.54, 1.807) is 0 Å². The van der Waals surface area contributed by atoms with Crippen LogP contribution in [0.5, 0.6) is 0 Å². The van der Waals surface area contributed by atoms with Gasteiger partial charge in [-0.25, -0.2) is 0 Å². The molecule has 126 valence electrons. The molecule has 4 nitrogen and oxygen atoms in total. The summed E-state index contributed by atoms with van der Waals surface area (Å²) in [6.45, 7) is 16.3. The SMILES string of the molecule is CC.Cc1cc2c(c(B3OC(C)(C)C(C)(C)O3)c1C)CC(=O)N2. The molecule has 0 radical (unpaired) electrons. The number of carbonyl (C=O) groups is 1. The standard InChI is InChI=1S/C16H22BNO3.C2H6/c1-9-7-12-11(8-13(19)18-12)14(10(9)2)17-20-15(3,4)16(5,6)21-17;1-2/h7H,8H2,1-6H3,(H,18,19);1-2H3. The number of benzene rings is 1. The Morgan fingerprint density at radius 1 is 1.09 bits per heavy atom. The molecule has 3 rings (SSSR count). The first-order valence-electron chi connectivity index (χ1n) is 8.41. The third kappa shape index (κ3) is 2.92. The second kappa shape index (κ2) is 5.95. The van der Waals surface area contributed by atoms with Crippen LogP contribution in [0.15, 0.2) is 6.07 Å². The summed E-state index contributed by atoms with van der Waals surface area (Å²) >= 11 is 0. The zero-order valence-corrected chi connectivity index (χ0v) is 15.6. The van der Waals surface area contributed by atoms with E-state index in [0.29, 0.717) is 6.42 Å². The molecule has 2 heterocycles. The van der Waals surface area contributed by atoms with Crippen molar-refractivity contribution in [1.29, 1.82) is 0 Å². The van der Waals surface area contributed by atoms with Gasteiger partial charge in [0.25, 0.3) is 0 Å². The second-order valence-corrected chi connectivity index (χ2v) is 7.07. The fourth-order valence-corrected chi connectivity index (χ4v) is 2.93. The van der Waals surface area contributed by atoms with Gasteiger partial charge in [0, 0.05) is 5.69 Å². The minimum atomic E-state index is -0.420. The Morgan fingerprint density at radius 2 is 1.61 bits per heavy atom. The molecule has 2 aliphatic rings. The number of rotatable bonds is 1. The third-order valence-corrected chi connectivity index (χ3v) is 5.11. The van der Waals surface area contributed by atoms with Gasteiger partial charge >= 0.3 is 7.12 Å². The number of aryl methyl sites for hydroxylation is 1. The van der Waals surface area contributed by atoms with Gasteiger partial charge in [0.2, 0.25) is 5.91 Å². The lowest BCUT2D eigenvalue weighted by molar-refractivity contribution is -0.115. The van der Waals surface area contributed by atoms with E-state index in [0.717, 1.165) is 27.8 Å². The Labute approximate surface area is 140 Å². The van der Waals surface area contributed by atoms with Crippen LogP contribution in [0, 0.1) is 13.8 Å². The summed E-state index contributed by atoms with van der Waals surface area (Å²) in [5.41, 5.74) is 4.45. The van der Waals surface area contributed by atoms with Crippen LogP contribution in [0.4, 0.5) is 5.69 Å². The normalized spacial score (nSPS) is 20.7. The zero-order valence-electron chi connectivity index (χ0n) is 15.6. The van der Waals surface area contributed by atoms with Crippen LogP contribution in [0.1, 0.15) is 58.2 Å². The molecule has 1 amide bonds. The Bertz CT molecular complexity index is 622. The lowest BCUT2D eigenvalue weighted by atomic mass is 9.71. The van der Waals surface area contributed by atoms with Crippen molar-refractivity contribution in [3.05, 3.63) is 22.8 Å². The first-order valence-corrected chi connectivity index (χ1v) is 8.41. The lowest BCUT2D eigenvalue weighted by Crippen LogP contribution is -2.41. The van der Waals surface area contributed by atoms with Gasteiger partial charge in [-0.1, -0.05) is 13.8 Å². The van der Waals surface area contributed by atoms with E-state index in [9.17, 15) is 4.79 Å². The molecule has 5 heteroatoms. The summed E-state index contributed by atoms with van der Waals surface area (Å²) < 4.78 is 12.4. The van der Waals surface area contributed by atoms with Crippen molar-refractivity contribution in [3.8, 4) is 0 Å². The fraction of sp³-hybridized carbons (Fsp3) is 0.611. The molecule has 1 fully saturated rings. The van der Waals surface area contributed by atoms with Gasteiger partial charge in [0.15, 0.2) is 0 Å². The summed E-state index contributed by atoms with van der Waals surface area (Å²) in [6.07, 6.45) is 0.399. The molecule has 1 aromatic rings. The molecule has 0 spiro atoms. The molecule has 2 aliphatic heterocycles. The molecule has 23 heavy (non-hydrogen) atoms. The van der Waals surface area contributed by atoms with E-state index < -0.39 is 7.12 Å². The van der Waals surface area contributed by atoms with Crippen molar-refractivity contribution in [2.24, 2.45) is 0 Å². The smallest absolute Gasteiger partial charge is 0.399 e. The van der Waals surface area contributed by atoms with Crippen molar-refractivity contribution in [1.82, 2.24) is 0 Å². The van der Waals surface area contributed by atoms with Gasteiger partial charge in [-0.05, 0) is 69.8 Å². The maximum absolute atomic E-state index is 11.8. The average Bonchev–Trinajstić information content (AvgIpc) is 2.89. The number of amides is 1. The molecule has 0 aromatic heterocycles. The highest BCUT2D eigenvalue weighted by atomic mass is 16.7. The van der Waals surface area contributed by atoms with Gasteiger partial charge in [-0.2, -0.15) is 0 Å². The Balaban J connectivity index is 0.000000924. The summed E-state index contributed by atoms with van der Waals surface area (Å²) in [5.74, 6) is 0.0350. The molecule has 0 aliphatic carbocycles. The second-order valence-electron chi connectivity index (χ2n) is 7.07. The number of fused-ring (bicyclic) bond motifs is 1. The third-order valence-electron chi connectivity index (χ3n) is 5.11. The molecule has 1 aromatic carbocycles. The molecule has 0 unspecified atom stereocenters. The van der Waals surface area contributed by atoms with E-state index >= 15 is 0 Å². The number of carbonyl (C=O) groups excluding carboxylic acids is 1. The Morgan fingerprint density at radius 3 is 2.13 bits per heavy atom. The van der Waals surface area contributed by atoms with Gasteiger partial charge in [-0.15, -0.1) is 0 Å². The summed E-state index contributed by atoms with van der Waals surface area (Å²) in [5, 5.41) is 2.92. The van der Waals surface area contributed by atoms with Crippen molar-refractivity contribution in [2.75, 3.05) is 5.32 Å². The van der Waals surface area contributed by atoms with Crippen LogP contribution in [-0.4, -0.2) is 24.2 Å². The average molecular weight is 317 g/mol. The van der Waals surface area contributed by atoms with Gasteiger partial charge in [0.05, 0.1) is 17.6 Å². The van der Waals surface area contributed by atoms with E-state index in [1.807, 2.05) is 47.6 Å². The summed E-state index contributed by atoms with van der Waals surface area (Å²) in [7, 11) is -0.420. The fourth-order valence-electron chi connectivity index (χ4n) is 2.93. The summed E-state index contributed by atoms with van der Waals surface area (Å²) in [4.78, 5) is 11.8. The number of anilines is 1. The minimum Gasteiger partial charge on any atom is -0.399 e. The lowest BCUT2D eigenvalue weighted by Gasteiger charge is -2.32. The van der Waals surface area contributed by atoms with E-state index in [2.05, 4.69) is 19.2 Å². The minimum absolute atomic E-state index is 0.0350. The van der Waals surface area contributed by atoms with E-state index in [4.69, 9.17) is 9.31 Å². The monoisotopic (exact) mass is 317 g/mol.